The zero-order valence-electron chi connectivity index (χ0n) is 13.3. The van der Waals surface area contributed by atoms with Crippen molar-refractivity contribution in [1.29, 1.82) is 0 Å². The van der Waals surface area contributed by atoms with Crippen LogP contribution < -0.4 is 0 Å². The number of nitrogens with zero attached hydrogens (tertiary/aromatic N) is 3. The fourth-order valence-corrected chi connectivity index (χ4v) is 3.63. The maximum absolute atomic E-state index is 12.3. The molecule has 3 rings (SSSR count). The van der Waals surface area contributed by atoms with E-state index in [1.165, 1.54) is 41.9 Å². The molecule has 1 aromatic heterocycles. The highest BCUT2D eigenvalue weighted by Gasteiger charge is 2.17. The highest BCUT2D eigenvalue weighted by Crippen LogP contribution is 2.25. The number of ketones is 1. The number of non-ortho nitro benzene ring substituents is 1. The normalized spacial score (nSPS) is 13.4. The van der Waals surface area contributed by atoms with Crippen molar-refractivity contribution in [2.45, 2.75) is 37.8 Å². The minimum Gasteiger partial charge on any atom is -0.293 e. The molecule has 7 heteroatoms. The number of benzene rings is 1. The van der Waals surface area contributed by atoms with Gasteiger partial charge in [0, 0.05) is 29.1 Å². The van der Waals surface area contributed by atoms with Gasteiger partial charge in [0.25, 0.3) is 5.69 Å². The number of carbonyl (C=O) groups excluding carboxylic acids is 1. The number of hydrogen-bond donors (Lipinski definition) is 0. The van der Waals surface area contributed by atoms with Crippen LogP contribution in [0.2, 0.25) is 0 Å². The molecule has 0 atom stereocenters. The Morgan fingerprint density at radius 3 is 2.88 bits per heavy atom. The fraction of sp³-hybridized carbons (Fsp3) is 0.353. The summed E-state index contributed by atoms with van der Waals surface area (Å²) in [5, 5.41) is 11.4. The summed E-state index contributed by atoms with van der Waals surface area (Å²) in [6, 6.07) is 5.80. The molecule has 124 valence electrons. The number of Topliss-reactive ketones (excluding diaryl/α,β-unsaturated/α-hetero) is 1. The van der Waals surface area contributed by atoms with E-state index in [0.717, 1.165) is 30.7 Å². The van der Waals surface area contributed by atoms with Crippen molar-refractivity contribution in [3.8, 4) is 0 Å². The quantitative estimate of drug-likeness (QED) is 0.271. The van der Waals surface area contributed by atoms with Crippen LogP contribution in [0.15, 0.2) is 29.4 Å². The summed E-state index contributed by atoms with van der Waals surface area (Å²) in [5.41, 5.74) is 3.60. The Morgan fingerprint density at radius 2 is 2.08 bits per heavy atom. The second-order valence-electron chi connectivity index (χ2n) is 5.74. The molecule has 0 saturated heterocycles. The van der Waals surface area contributed by atoms with Crippen molar-refractivity contribution in [2.24, 2.45) is 0 Å². The van der Waals surface area contributed by atoms with E-state index in [2.05, 4.69) is 9.97 Å². The predicted octanol–water partition coefficient (Wildman–Crippen LogP) is 3.55. The molecule has 1 heterocycles. The van der Waals surface area contributed by atoms with Crippen molar-refractivity contribution in [3.63, 3.8) is 0 Å². The SMILES string of the molecule is Cc1nc(SCC(=O)c2cccc([N+](=O)[O-])c2)nc2c1CCCC2. The lowest BCUT2D eigenvalue weighted by Crippen LogP contribution is -2.11. The van der Waals surface area contributed by atoms with Gasteiger partial charge in [-0.05, 0) is 38.2 Å². The van der Waals surface area contributed by atoms with Crippen molar-refractivity contribution < 1.29 is 9.72 Å². The molecule has 1 aliphatic carbocycles. The Labute approximate surface area is 143 Å². The van der Waals surface area contributed by atoms with E-state index in [1.807, 2.05) is 6.92 Å². The molecule has 24 heavy (non-hydrogen) atoms. The Morgan fingerprint density at radius 1 is 1.29 bits per heavy atom. The van der Waals surface area contributed by atoms with Gasteiger partial charge in [0.05, 0.1) is 10.7 Å². The standard InChI is InChI=1S/C17H17N3O3S/c1-11-14-7-2-3-8-15(14)19-17(18-11)24-10-16(21)12-5-4-6-13(9-12)20(22)23/h4-6,9H,2-3,7-8,10H2,1H3. The minimum atomic E-state index is -0.500. The van der Waals surface area contributed by atoms with Gasteiger partial charge in [-0.1, -0.05) is 23.9 Å². The van der Waals surface area contributed by atoms with Gasteiger partial charge in [-0.3, -0.25) is 14.9 Å². The Hall–Kier alpha value is -2.28. The molecular weight excluding hydrogens is 326 g/mol. The molecule has 0 N–H and O–H groups in total. The highest BCUT2D eigenvalue weighted by atomic mass is 32.2. The summed E-state index contributed by atoms with van der Waals surface area (Å²) in [5.74, 6) is 0.00187. The molecule has 1 aliphatic rings. The van der Waals surface area contributed by atoms with Gasteiger partial charge in [-0.25, -0.2) is 9.97 Å². The van der Waals surface area contributed by atoms with E-state index in [9.17, 15) is 14.9 Å². The van der Waals surface area contributed by atoms with Crippen LogP contribution in [-0.2, 0) is 12.8 Å². The van der Waals surface area contributed by atoms with Crippen LogP contribution in [0.1, 0.15) is 40.2 Å². The topological polar surface area (TPSA) is 86.0 Å². The van der Waals surface area contributed by atoms with E-state index in [1.54, 1.807) is 6.07 Å². The van der Waals surface area contributed by atoms with Crippen LogP contribution in [0.25, 0.3) is 0 Å². The lowest BCUT2D eigenvalue weighted by molar-refractivity contribution is -0.384. The minimum absolute atomic E-state index is 0.0771. The third kappa shape index (κ3) is 3.62. The van der Waals surface area contributed by atoms with Gasteiger partial charge in [0.1, 0.15) is 0 Å². The van der Waals surface area contributed by atoms with Crippen molar-refractivity contribution in [2.75, 3.05) is 5.75 Å². The first-order valence-corrected chi connectivity index (χ1v) is 8.80. The first-order valence-electron chi connectivity index (χ1n) is 7.81. The van der Waals surface area contributed by atoms with Gasteiger partial charge in [-0.15, -0.1) is 0 Å². The zero-order valence-corrected chi connectivity index (χ0v) is 14.1. The van der Waals surface area contributed by atoms with Gasteiger partial charge in [0.2, 0.25) is 0 Å². The molecule has 0 fully saturated rings. The Kier molecular flexibility index (Phi) is 4.89. The largest absolute Gasteiger partial charge is 0.293 e. The molecule has 2 aromatic rings. The van der Waals surface area contributed by atoms with Crippen LogP contribution in [0.5, 0.6) is 0 Å². The molecule has 0 amide bonds. The number of carbonyl (C=O) groups is 1. The van der Waals surface area contributed by atoms with Gasteiger partial charge in [-0.2, -0.15) is 0 Å². The molecule has 6 nitrogen and oxygen atoms in total. The second-order valence-corrected chi connectivity index (χ2v) is 6.69. The summed E-state index contributed by atoms with van der Waals surface area (Å²) in [6.45, 7) is 1.98. The monoisotopic (exact) mass is 343 g/mol. The van der Waals surface area contributed by atoms with E-state index in [0.29, 0.717) is 10.7 Å². The fourth-order valence-electron chi connectivity index (χ4n) is 2.82. The van der Waals surface area contributed by atoms with E-state index < -0.39 is 4.92 Å². The number of hydrogen-bond acceptors (Lipinski definition) is 6. The number of thioether (sulfide) groups is 1. The van der Waals surface area contributed by atoms with Gasteiger partial charge < -0.3 is 0 Å². The lowest BCUT2D eigenvalue weighted by atomic mass is 9.95. The summed E-state index contributed by atoms with van der Waals surface area (Å²) < 4.78 is 0. The van der Waals surface area contributed by atoms with E-state index >= 15 is 0 Å². The van der Waals surface area contributed by atoms with Crippen LogP contribution in [0.4, 0.5) is 5.69 Å². The molecule has 0 radical (unpaired) electrons. The third-order valence-electron chi connectivity index (χ3n) is 4.08. The van der Waals surface area contributed by atoms with Crippen molar-refractivity contribution in [3.05, 3.63) is 56.9 Å². The molecule has 0 aliphatic heterocycles. The average Bonchev–Trinajstić information content (AvgIpc) is 2.60. The van der Waals surface area contributed by atoms with Crippen molar-refractivity contribution in [1.82, 2.24) is 9.97 Å². The molecule has 1 aromatic carbocycles. The van der Waals surface area contributed by atoms with Crippen LogP contribution in [0, 0.1) is 17.0 Å². The first-order chi connectivity index (χ1) is 11.5. The Bertz CT molecular complexity index is 808. The van der Waals surface area contributed by atoms with E-state index in [-0.39, 0.29) is 17.2 Å². The molecule has 0 spiro atoms. The second kappa shape index (κ2) is 7.09. The number of fused-ring (bicyclic) bond motifs is 1. The number of aryl methyl sites for hydroxylation is 2. The van der Waals surface area contributed by atoms with Crippen LogP contribution in [0.3, 0.4) is 0 Å². The van der Waals surface area contributed by atoms with Crippen molar-refractivity contribution >= 4 is 23.2 Å². The van der Waals surface area contributed by atoms with Gasteiger partial charge >= 0.3 is 0 Å². The zero-order chi connectivity index (χ0) is 17.1. The smallest absolute Gasteiger partial charge is 0.270 e. The molecule has 0 saturated carbocycles. The first kappa shape index (κ1) is 16.6. The number of rotatable bonds is 5. The number of nitro benzene ring substituents is 1. The number of nitro groups is 1. The molecule has 0 unspecified atom stereocenters. The van der Waals surface area contributed by atoms with Gasteiger partial charge in [0.15, 0.2) is 10.9 Å². The predicted molar refractivity (Wildman–Crippen MR) is 91.6 cm³/mol. The summed E-state index contributed by atoms with van der Waals surface area (Å²) in [7, 11) is 0. The summed E-state index contributed by atoms with van der Waals surface area (Å²) >= 11 is 1.28. The Balaban J connectivity index is 1.71. The maximum atomic E-state index is 12.3. The summed E-state index contributed by atoms with van der Waals surface area (Å²) in [6.07, 6.45) is 4.30. The van der Waals surface area contributed by atoms with E-state index in [4.69, 9.17) is 0 Å². The highest BCUT2D eigenvalue weighted by molar-refractivity contribution is 7.99. The molecular formula is C17H17N3O3S. The molecule has 0 bridgehead atoms. The summed E-state index contributed by atoms with van der Waals surface area (Å²) in [4.78, 5) is 31.6. The lowest BCUT2D eigenvalue weighted by Gasteiger charge is -2.17. The third-order valence-corrected chi connectivity index (χ3v) is 4.93. The number of aromatic nitrogens is 2. The maximum Gasteiger partial charge on any atom is 0.270 e. The van der Waals surface area contributed by atoms with Crippen LogP contribution in [-0.4, -0.2) is 26.4 Å². The van der Waals surface area contributed by atoms with Crippen LogP contribution >= 0.6 is 11.8 Å². The average molecular weight is 343 g/mol.